The number of alkyl halides is 3. The van der Waals surface area contributed by atoms with Gasteiger partial charge >= 0.3 is 18.2 Å². The van der Waals surface area contributed by atoms with Gasteiger partial charge in [0, 0.05) is 31.6 Å². The fraction of sp³-hybridized carbons (Fsp3) is 0.667. The second kappa shape index (κ2) is 5.55. The van der Waals surface area contributed by atoms with Crippen molar-refractivity contribution in [2.24, 2.45) is 0 Å². The minimum Gasteiger partial charge on any atom is -0.480 e. The number of hydrogen-bond donors (Lipinski definition) is 2. The summed E-state index contributed by atoms with van der Waals surface area (Å²) in [5, 5.41) is 18.5. The van der Waals surface area contributed by atoms with E-state index in [-0.39, 0.29) is 32.5 Å². The molecule has 2 N–H and O–H groups in total. The number of hydrogen-bond acceptors (Lipinski definition) is 3. The maximum atomic E-state index is 12.5. The highest BCUT2D eigenvalue weighted by atomic mass is 19.4. The molecule has 0 saturated carbocycles. The van der Waals surface area contributed by atoms with E-state index in [1.165, 1.54) is 0 Å². The van der Waals surface area contributed by atoms with Crippen LogP contribution in [0.2, 0.25) is 0 Å². The van der Waals surface area contributed by atoms with Crippen LogP contribution in [0.5, 0.6) is 0 Å². The average Bonchev–Trinajstić information content (AvgIpc) is 2.79. The summed E-state index contributed by atoms with van der Waals surface area (Å²) in [4.78, 5) is 25.4. The number of aliphatic hydroxyl groups is 1. The fourth-order valence-electron chi connectivity index (χ4n) is 2.54. The van der Waals surface area contributed by atoms with Gasteiger partial charge in [-0.05, 0) is 6.42 Å². The monoisotopic (exact) mass is 308 g/mol. The first-order valence-electron chi connectivity index (χ1n) is 6.42. The van der Waals surface area contributed by atoms with Crippen LogP contribution in [-0.2, 0) is 4.79 Å². The van der Waals surface area contributed by atoms with Crippen LogP contribution in [0.1, 0.15) is 12.8 Å². The number of carboxylic acids is 1. The molecule has 0 aromatic rings. The van der Waals surface area contributed by atoms with Crippen LogP contribution in [0.15, 0.2) is 11.6 Å². The summed E-state index contributed by atoms with van der Waals surface area (Å²) >= 11 is 0. The Kier molecular flexibility index (Phi) is 4.13. The number of halogens is 3. The SMILES string of the molecule is O=C(O)[C@H]1C[C@@H](O)CN1C(=O)N1CC=C(C(F)(F)F)CC1. The number of aliphatic carboxylic acids is 1. The van der Waals surface area contributed by atoms with E-state index < -0.39 is 35.9 Å². The molecule has 6 nitrogen and oxygen atoms in total. The molecule has 2 atom stereocenters. The molecule has 2 aliphatic rings. The van der Waals surface area contributed by atoms with Gasteiger partial charge in [-0.3, -0.25) is 0 Å². The van der Waals surface area contributed by atoms with Gasteiger partial charge in [0.2, 0.25) is 0 Å². The highest BCUT2D eigenvalue weighted by molar-refractivity contribution is 5.83. The van der Waals surface area contributed by atoms with Gasteiger partial charge in [-0.25, -0.2) is 9.59 Å². The number of likely N-dealkylation sites (tertiary alicyclic amines) is 1. The second-order valence-corrected chi connectivity index (χ2v) is 5.10. The molecule has 2 heterocycles. The van der Waals surface area contributed by atoms with E-state index >= 15 is 0 Å². The summed E-state index contributed by atoms with van der Waals surface area (Å²) in [5.74, 6) is -1.23. The molecule has 2 rings (SSSR count). The van der Waals surface area contributed by atoms with Crippen LogP contribution >= 0.6 is 0 Å². The lowest BCUT2D eigenvalue weighted by Gasteiger charge is -2.32. The zero-order chi connectivity index (χ0) is 15.8. The number of rotatable bonds is 1. The zero-order valence-electron chi connectivity index (χ0n) is 11.0. The quantitative estimate of drug-likeness (QED) is 0.703. The smallest absolute Gasteiger partial charge is 0.412 e. The predicted octanol–water partition coefficient (Wildman–Crippen LogP) is 0.821. The molecule has 0 aromatic carbocycles. The van der Waals surface area contributed by atoms with Crippen LogP contribution in [0.25, 0.3) is 0 Å². The molecule has 9 heteroatoms. The lowest BCUT2D eigenvalue weighted by Crippen LogP contribution is -2.49. The number of nitrogens with zero attached hydrogens (tertiary/aromatic N) is 2. The lowest BCUT2D eigenvalue weighted by molar-refractivity contribution is -0.141. The van der Waals surface area contributed by atoms with Gasteiger partial charge in [0.25, 0.3) is 0 Å². The number of carboxylic acid groups (broad SMARTS) is 1. The molecular weight excluding hydrogens is 293 g/mol. The average molecular weight is 308 g/mol. The van der Waals surface area contributed by atoms with Crippen molar-refractivity contribution in [2.45, 2.75) is 31.2 Å². The van der Waals surface area contributed by atoms with Crippen molar-refractivity contribution in [3.05, 3.63) is 11.6 Å². The molecule has 1 saturated heterocycles. The molecule has 21 heavy (non-hydrogen) atoms. The van der Waals surface area contributed by atoms with Gasteiger partial charge in [0.1, 0.15) is 6.04 Å². The largest absolute Gasteiger partial charge is 0.480 e. The Bertz CT molecular complexity index is 478. The maximum absolute atomic E-state index is 12.5. The summed E-state index contributed by atoms with van der Waals surface area (Å²) < 4.78 is 37.5. The topological polar surface area (TPSA) is 81.1 Å². The first kappa shape index (κ1) is 15.6. The van der Waals surface area contributed by atoms with E-state index in [1.807, 2.05) is 0 Å². The van der Waals surface area contributed by atoms with Gasteiger partial charge in [0.15, 0.2) is 0 Å². The first-order chi connectivity index (χ1) is 9.70. The summed E-state index contributed by atoms with van der Waals surface area (Å²) in [5.41, 5.74) is -0.678. The molecule has 0 bridgehead atoms. The Hall–Kier alpha value is -1.77. The second-order valence-electron chi connectivity index (χ2n) is 5.10. The van der Waals surface area contributed by atoms with E-state index in [9.17, 15) is 27.9 Å². The standard InChI is InChI=1S/C12H15F3N2O4/c13-12(14,15)7-1-3-16(4-2-7)11(21)17-6-8(18)5-9(17)10(19)20/h1,8-9,18H,2-6H2,(H,19,20)/t8-,9-/m1/s1. The molecule has 0 spiro atoms. The van der Waals surface area contributed by atoms with Gasteiger partial charge in [0.05, 0.1) is 6.10 Å². The summed E-state index contributed by atoms with van der Waals surface area (Å²) in [7, 11) is 0. The Labute approximate surface area is 118 Å². The van der Waals surface area contributed by atoms with E-state index in [2.05, 4.69) is 0 Å². The van der Waals surface area contributed by atoms with Crippen LogP contribution in [0.4, 0.5) is 18.0 Å². The maximum Gasteiger partial charge on any atom is 0.412 e. The van der Waals surface area contributed by atoms with Gasteiger partial charge in [-0.1, -0.05) is 6.08 Å². The number of amides is 2. The van der Waals surface area contributed by atoms with Crippen LogP contribution in [0.3, 0.4) is 0 Å². The normalized spacial score (nSPS) is 26.8. The minimum atomic E-state index is -4.40. The lowest BCUT2D eigenvalue weighted by atomic mass is 10.1. The number of aliphatic hydroxyl groups excluding tert-OH is 1. The van der Waals surface area contributed by atoms with E-state index in [0.29, 0.717) is 0 Å². The third kappa shape index (κ3) is 3.29. The van der Waals surface area contributed by atoms with Crippen LogP contribution in [-0.4, -0.2) is 70.0 Å². The van der Waals surface area contributed by atoms with Crippen molar-refractivity contribution in [3.8, 4) is 0 Å². The molecule has 0 aliphatic carbocycles. The summed E-state index contributed by atoms with van der Waals surface area (Å²) in [6, 6.07) is -1.79. The molecule has 0 unspecified atom stereocenters. The van der Waals surface area contributed by atoms with Crippen LogP contribution in [0, 0.1) is 0 Å². The van der Waals surface area contributed by atoms with Crippen molar-refractivity contribution in [1.82, 2.24) is 9.80 Å². The van der Waals surface area contributed by atoms with E-state index in [1.54, 1.807) is 0 Å². The zero-order valence-corrected chi connectivity index (χ0v) is 11.0. The Morgan fingerprint density at radius 2 is 2.00 bits per heavy atom. The predicted molar refractivity (Wildman–Crippen MR) is 64.5 cm³/mol. The highest BCUT2D eigenvalue weighted by Gasteiger charge is 2.42. The Morgan fingerprint density at radius 3 is 2.48 bits per heavy atom. The van der Waals surface area contributed by atoms with E-state index in [4.69, 9.17) is 5.11 Å². The third-order valence-corrected chi connectivity index (χ3v) is 3.65. The Morgan fingerprint density at radius 1 is 1.33 bits per heavy atom. The molecule has 118 valence electrons. The number of urea groups is 1. The van der Waals surface area contributed by atoms with Crippen molar-refractivity contribution >= 4 is 12.0 Å². The van der Waals surface area contributed by atoms with E-state index in [0.717, 1.165) is 15.9 Å². The van der Waals surface area contributed by atoms with Crippen molar-refractivity contribution < 1.29 is 33.0 Å². The summed E-state index contributed by atoms with van der Waals surface area (Å²) in [6.45, 7) is -0.460. The Balaban J connectivity index is 2.05. The van der Waals surface area contributed by atoms with Crippen molar-refractivity contribution in [2.75, 3.05) is 19.6 Å². The highest BCUT2D eigenvalue weighted by Crippen LogP contribution is 2.30. The molecule has 0 aromatic heterocycles. The summed E-state index contributed by atoms with van der Waals surface area (Å²) in [6.07, 6.45) is -4.78. The fourth-order valence-corrected chi connectivity index (χ4v) is 2.54. The molecule has 0 radical (unpaired) electrons. The molecule has 2 amide bonds. The van der Waals surface area contributed by atoms with Crippen molar-refractivity contribution in [1.29, 1.82) is 0 Å². The van der Waals surface area contributed by atoms with Crippen molar-refractivity contribution in [3.63, 3.8) is 0 Å². The molecular formula is C12H15F3N2O4. The number of β-amino-alcohol motifs (C(OH)–C–C–N with tert-alkyl or cyclic N) is 1. The van der Waals surface area contributed by atoms with Gasteiger partial charge < -0.3 is 20.0 Å². The molecule has 2 aliphatic heterocycles. The molecule has 1 fully saturated rings. The van der Waals surface area contributed by atoms with Gasteiger partial charge in [-0.2, -0.15) is 13.2 Å². The van der Waals surface area contributed by atoms with Crippen LogP contribution < -0.4 is 0 Å². The third-order valence-electron chi connectivity index (χ3n) is 3.65. The number of carbonyl (C=O) groups is 2. The first-order valence-corrected chi connectivity index (χ1v) is 6.42. The number of carbonyl (C=O) groups excluding carboxylic acids is 1. The van der Waals surface area contributed by atoms with Gasteiger partial charge in [-0.15, -0.1) is 0 Å². The minimum absolute atomic E-state index is 0.0709.